The number of aliphatic hydroxyl groups excluding tert-OH is 1. The SMILES string of the molecule is COC(=O)C(C)(C)CCO.N. The maximum atomic E-state index is 10.9. The minimum Gasteiger partial charge on any atom is -0.469 e. The van der Waals surface area contributed by atoms with Gasteiger partial charge in [-0.2, -0.15) is 0 Å². The second-order valence-electron chi connectivity index (χ2n) is 2.85. The molecule has 0 saturated heterocycles. The summed E-state index contributed by atoms with van der Waals surface area (Å²) >= 11 is 0. The molecule has 0 amide bonds. The summed E-state index contributed by atoms with van der Waals surface area (Å²) in [7, 11) is 1.35. The third-order valence-corrected chi connectivity index (χ3v) is 1.47. The van der Waals surface area contributed by atoms with Crippen LogP contribution in [-0.4, -0.2) is 24.8 Å². The van der Waals surface area contributed by atoms with Gasteiger partial charge >= 0.3 is 5.97 Å². The molecule has 0 bridgehead atoms. The molecular formula is C7H17NO3. The maximum absolute atomic E-state index is 10.9. The Labute approximate surface area is 67.1 Å². The van der Waals surface area contributed by atoms with Crippen molar-refractivity contribution in [1.29, 1.82) is 0 Å². The predicted molar refractivity (Wildman–Crippen MR) is 42.5 cm³/mol. The third-order valence-electron chi connectivity index (χ3n) is 1.47. The second kappa shape index (κ2) is 5.09. The molecule has 0 spiro atoms. The quantitative estimate of drug-likeness (QED) is 0.601. The average molecular weight is 163 g/mol. The summed E-state index contributed by atoms with van der Waals surface area (Å²) in [6.07, 6.45) is 0.444. The van der Waals surface area contributed by atoms with Crippen molar-refractivity contribution in [1.82, 2.24) is 6.15 Å². The van der Waals surface area contributed by atoms with Crippen molar-refractivity contribution >= 4 is 5.97 Å². The molecule has 0 radical (unpaired) electrons. The molecule has 4 nitrogen and oxygen atoms in total. The van der Waals surface area contributed by atoms with E-state index in [2.05, 4.69) is 4.74 Å². The number of hydrogen-bond acceptors (Lipinski definition) is 4. The Bertz CT molecular complexity index is 123. The lowest BCUT2D eigenvalue weighted by atomic mass is 9.90. The van der Waals surface area contributed by atoms with Gasteiger partial charge in [-0.1, -0.05) is 0 Å². The highest BCUT2D eigenvalue weighted by Gasteiger charge is 2.27. The standard InChI is InChI=1S/C7H14O3.H3N/c1-7(2,4-5-8)6(9)10-3;/h8H,4-5H2,1-3H3;1H3. The third kappa shape index (κ3) is 3.95. The van der Waals surface area contributed by atoms with Crippen molar-refractivity contribution in [2.45, 2.75) is 20.3 Å². The molecule has 68 valence electrons. The molecule has 0 aliphatic carbocycles. The van der Waals surface area contributed by atoms with Crippen LogP contribution < -0.4 is 6.15 Å². The summed E-state index contributed by atoms with van der Waals surface area (Å²) in [6, 6.07) is 0. The average Bonchev–Trinajstić information content (AvgIpc) is 1.86. The highest BCUT2D eigenvalue weighted by Crippen LogP contribution is 2.20. The smallest absolute Gasteiger partial charge is 0.311 e. The monoisotopic (exact) mass is 163 g/mol. The lowest BCUT2D eigenvalue weighted by molar-refractivity contribution is -0.151. The molecule has 4 N–H and O–H groups in total. The number of esters is 1. The number of methoxy groups -OCH3 is 1. The first kappa shape index (κ1) is 13.0. The van der Waals surface area contributed by atoms with Crippen LogP contribution in [0, 0.1) is 5.41 Å². The molecule has 0 saturated carbocycles. The van der Waals surface area contributed by atoms with Crippen LogP contribution in [0.4, 0.5) is 0 Å². The van der Waals surface area contributed by atoms with E-state index in [4.69, 9.17) is 5.11 Å². The molecule has 0 atom stereocenters. The topological polar surface area (TPSA) is 81.5 Å². The molecule has 0 unspecified atom stereocenters. The van der Waals surface area contributed by atoms with Crippen molar-refractivity contribution in [3.05, 3.63) is 0 Å². The summed E-state index contributed by atoms with van der Waals surface area (Å²) in [5.74, 6) is -0.276. The van der Waals surface area contributed by atoms with Crippen LogP contribution in [0.1, 0.15) is 20.3 Å². The Morgan fingerprint density at radius 3 is 2.27 bits per heavy atom. The van der Waals surface area contributed by atoms with Crippen LogP contribution in [0.2, 0.25) is 0 Å². The van der Waals surface area contributed by atoms with E-state index in [0.29, 0.717) is 6.42 Å². The number of carbonyl (C=O) groups is 1. The van der Waals surface area contributed by atoms with Gasteiger partial charge in [0, 0.05) is 6.61 Å². The molecule has 11 heavy (non-hydrogen) atoms. The predicted octanol–water partition coefficient (Wildman–Crippen LogP) is 0.730. The van der Waals surface area contributed by atoms with Crippen molar-refractivity contribution in [3.63, 3.8) is 0 Å². The number of carbonyl (C=O) groups excluding carboxylic acids is 1. The molecule has 0 aromatic carbocycles. The summed E-state index contributed by atoms with van der Waals surface area (Å²) in [6.45, 7) is 3.51. The molecule has 0 heterocycles. The molecule has 0 aromatic heterocycles. The van der Waals surface area contributed by atoms with Crippen molar-refractivity contribution in [2.24, 2.45) is 5.41 Å². The fraction of sp³-hybridized carbons (Fsp3) is 0.857. The molecule has 0 aromatic rings. The molecule has 0 aliphatic rings. The lowest BCUT2D eigenvalue weighted by Crippen LogP contribution is -2.26. The van der Waals surface area contributed by atoms with Gasteiger partial charge in [0.05, 0.1) is 12.5 Å². The maximum Gasteiger partial charge on any atom is 0.311 e. The van der Waals surface area contributed by atoms with Crippen molar-refractivity contribution < 1.29 is 14.6 Å². The van der Waals surface area contributed by atoms with Crippen molar-refractivity contribution in [3.8, 4) is 0 Å². The zero-order chi connectivity index (χ0) is 8.20. The van der Waals surface area contributed by atoms with Crippen molar-refractivity contribution in [2.75, 3.05) is 13.7 Å². The summed E-state index contributed by atoms with van der Waals surface area (Å²) in [5.41, 5.74) is -0.552. The Kier molecular flexibility index (Phi) is 6.03. The largest absolute Gasteiger partial charge is 0.469 e. The first-order valence-corrected chi connectivity index (χ1v) is 3.24. The van der Waals surface area contributed by atoms with Crippen LogP contribution in [0.5, 0.6) is 0 Å². The highest BCUT2D eigenvalue weighted by atomic mass is 16.5. The first-order valence-electron chi connectivity index (χ1n) is 3.24. The summed E-state index contributed by atoms with van der Waals surface area (Å²) in [5, 5.41) is 8.54. The van der Waals surface area contributed by atoms with Gasteiger partial charge in [-0.25, -0.2) is 0 Å². The normalized spacial score (nSPS) is 10.2. The molecule has 0 aliphatic heterocycles. The van der Waals surface area contributed by atoms with Gasteiger partial charge in [-0.15, -0.1) is 0 Å². The van der Waals surface area contributed by atoms with E-state index in [-0.39, 0.29) is 18.7 Å². The summed E-state index contributed by atoms with van der Waals surface area (Å²) in [4.78, 5) is 10.9. The fourth-order valence-electron chi connectivity index (χ4n) is 0.658. The van der Waals surface area contributed by atoms with Gasteiger partial charge in [-0.05, 0) is 20.3 Å². The van der Waals surface area contributed by atoms with Gasteiger partial charge < -0.3 is 16.0 Å². The number of aliphatic hydroxyl groups is 1. The van der Waals surface area contributed by atoms with E-state index in [9.17, 15) is 4.79 Å². The molecule has 0 rings (SSSR count). The van der Waals surface area contributed by atoms with Gasteiger partial charge in [0.1, 0.15) is 0 Å². The molecular weight excluding hydrogens is 146 g/mol. The van der Waals surface area contributed by atoms with E-state index < -0.39 is 5.41 Å². The van der Waals surface area contributed by atoms with E-state index in [1.54, 1.807) is 13.8 Å². The fourth-order valence-corrected chi connectivity index (χ4v) is 0.658. The zero-order valence-corrected chi connectivity index (χ0v) is 7.39. The zero-order valence-electron chi connectivity index (χ0n) is 7.39. The van der Waals surface area contributed by atoms with E-state index >= 15 is 0 Å². The Morgan fingerprint density at radius 2 is 2.00 bits per heavy atom. The molecule has 4 heteroatoms. The molecule has 0 fully saturated rings. The Balaban J connectivity index is 0. The minimum atomic E-state index is -0.552. The van der Waals surface area contributed by atoms with E-state index in [1.165, 1.54) is 7.11 Å². The summed E-state index contributed by atoms with van der Waals surface area (Å²) < 4.78 is 4.52. The van der Waals surface area contributed by atoms with Gasteiger partial charge in [0.15, 0.2) is 0 Å². The van der Waals surface area contributed by atoms with Crippen LogP contribution in [0.15, 0.2) is 0 Å². The van der Waals surface area contributed by atoms with Crippen LogP contribution in [-0.2, 0) is 9.53 Å². The van der Waals surface area contributed by atoms with Crippen LogP contribution >= 0.6 is 0 Å². The Hall–Kier alpha value is -0.610. The Morgan fingerprint density at radius 1 is 1.55 bits per heavy atom. The van der Waals surface area contributed by atoms with Gasteiger partial charge in [0.25, 0.3) is 0 Å². The first-order chi connectivity index (χ1) is 4.54. The number of ether oxygens (including phenoxy) is 1. The van der Waals surface area contributed by atoms with E-state index in [0.717, 1.165) is 0 Å². The van der Waals surface area contributed by atoms with Gasteiger partial charge in [0.2, 0.25) is 0 Å². The highest BCUT2D eigenvalue weighted by molar-refractivity contribution is 5.75. The van der Waals surface area contributed by atoms with Gasteiger partial charge in [-0.3, -0.25) is 4.79 Å². The lowest BCUT2D eigenvalue weighted by Gasteiger charge is -2.19. The van der Waals surface area contributed by atoms with Crippen LogP contribution in [0.25, 0.3) is 0 Å². The number of hydrogen-bond donors (Lipinski definition) is 2. The number of rotatable bonds is 3. The van der Waals surface area contributed by atoms with Crippen LogP contribution in [0.3, 0.4) is 0 Å². The van der Waals surface area contributed by atoms with E-state index in [1.807, 2.05) is 0 Å². The minimum absolute atomic E-state index is 0. The second-order valence-corrected chi connectivity index (χ2v) is 2.85.